The minimum absolute atomic E-state index is 0.450. The van der Waals surface area contributed by atoms with Gasteiger partial charge in [0.2, 0.25) is 11.9 Å². The van der Waals surface area contributed by atoms with E-state index in [1.807, 2.05) is 116 Å². The first-order chi connectivity index (χ1) is 18.7. The topological polar surface area (TPSA) is 112 Å². The molecule has 0 saturated heterocycles. The number of aryl methyl sites for hydroxylation is 1. The lowest BCUT2D eigenvalue weighted by Crippen LogP contribution is -2.06. The van der Waals surface area contributed by atoms with Crippen LogP contribution in [0.1, 0.15) is 12.7 Å². The van der Waals surface area contributed by atoms with E-state index < -0.39 is 0 Å². The van der Waals surface area contributed by atoms with Crippen LogP contribution in [0.15, 0.2) is 130 Å². The maximum atomic E-state index is 4.54. The molecule has 0 aliphatic carbocycles. The van der Waals surface area contributed by atoms with Gasteiger partial charge in [0.25, 0.3) is 0 Å². The Morgan fingerprint density at radius 1 is 0.474 bits per heavy atom. The summed E-state index contributed by atoms with van der Waals surface area (Å²) in [5, 5.41) is 23.5. The maximum absolute atomic E-state index is 4.54. The van der Waals surface area contributed by atoms with Crippen LogP contribution in [0.25, 0.3) is 0 Å². The molecular weight excluding hydrogens is 474 g/mol. The third kappa shape index (κ3) is 6.88. The van der Waals surface area contributed by atoms with Gasteiger partial charge >= 0.3 is 0 Å². The van der Waals surface area contributed by atoms with Crippen molar-refractivity contribution in [3.63, 3.8) is 0 Å². The second-order valence-electron chi connectivity index (χ2n) is 8.17. The van der Waals surface area contributed by atoms with E-state index in [1.54, 1.807) is 0 Å². The van der Waals surface area contributed by atoms with E-state index in [-0.39, 0.29) is 0 Å². The zero-order valence-corrected chi connectivity index (χ0v) is 20.7. The lowest BCUT2D eigenvalue weighted by atomic mass is 10.3. The van der Waals surface area contributed by atoms with E-state index >= 15 is 0 Å². The highest BCUT2D eigenvalue weighted by molar-refractivity contribution is 5.60. The van der Waals surface area contributed by atoms with Crippen molar-refractivity contribution in [1.29, 1.82) is 0 Å². The number of aromatic nitrogens is 3. The van der Waals surface area contributed by atoms with Gasteiger partial charge in [-0.3, -0.25) is 0 Å². The summed E-state index contributed by atoms with van der Waals surface area (Å²) in [7, 11) is 0. The highest BCUT2D eigenvalue weighted by Crippen LogP contribution is 2.24. The number of hydrogen-bond acceptors (Lipinski definition) is 9. The van der Waals surface area contributed by atoms with Crippen molar-refractivity contribution in [2.45, 2.75) is 13.3 Å². The lowest BCUT2D eigenvalue weighted by molar-refractivity contribution is 0.910. The molecule has 9 nitrogen and oxygen atoms in total. The third-order valence-electron chi connectivity index (χ3n) is 5.32. The van der Waals surface area contributed by atoms with Gasteiger partial charge in [0.05, 0.1) is 22.7 Å². The molecule has 2 N–H and O–H groups in total. The number of benzene rings is 4. The molecule has 0 spiro atoms. The summed E-state index contributed by atoms with van der Waals surface area (Å²) in [6.07, 6.45) is 0.670. The fourth-order valence-electron chi connectivity index (χ4n) is 3.39. The predicted octanol–water partition coefficient (Wildman–Crippen LogP) is 8.75. The number of nitrogens with zero attached hydrogens (tertiary/aromatic N) is 7. The van der Waals surface area contributed by atoms with Crippen molar-refractivity contribution in [3.8, 4) is 0 Å². The Bertz CT molecular complexity index is 1400. The van der Waals surface area contributed by atoms with Crippen molar-refractivity contribution in [1.82, 2.24) is 15.0 Å². The summed E-state index contributed by atoms with van der Waals surface area (Å²) >= 11 is 0. The van der Waals surface area contributed by atoms with Gasteiger partial charge in [-0.1, -0.05) is 43.3 Å². The minimum atomic E-state index is 0.450. The molecule has 0 bridgehead atoms. The second-order valence-corrected chi connectivity index (χ2v) is 8.17. The van der Waals surface area contributed by atoms with E-state index in [1.165, 1.54) is 0 Å². The van der Waals surface area contributed by atoms with Crippen LogP contribution in [-0.4, -0.2) is 15.0 Å². The molecule has 0 fully saturated rings. The highest BCUT2D eigenvalue weighted by Gasteiger charge is 2.07. The van der Waals surface area contributed by atoms with E-state index in [0.29, 0.717) is 24.1 Å². The van der Waals surface area contributed by atoms with E-state index in [2.05, 4.69) is 46.0 Å². The second kappa shape index (κ2) is 12.1. The molecule has 0 aliphatic heterocycles. The normalized spacial score (nSPS) is 11.2. The predicted molar refractivity (Wildman–Crippen MR) is 150 cm³/mol. The fourth-order valence-corrected chi connectivity index (χ4v) is 3.39. The summed E-state index contributed by atoms with van der Waals surface area (Å²) in [5.41, 5.74) is 4.76. The van der Waals surface area contributed by atoms with Gasteiger partial charge in [-0.2, -0.15) is 35.4 Å². The Morgan fingerprint density at radius 3 is 1.21 bits per heavy atom. The molecule has 5 aromatic rings. The van der Waals surface area contributed by atoms with Gasteiger partial charge in [-0.05, 0) is 72.8 Å². The SMILES string of the molecule is CCc1nc(Nc2ccc(N=Nc3ccccc3)cc2)nc(Nc2ccc(N=Nc3ccccc3)cc2)n1. The van der Waals surface area contributed by atoms with Crippen LogP contribution in [0.2, 0.25) is 0 Å². The molecule has 0 amide bonds. The van der Waals surface area contributed by atoms with Crippen LogP contribution in [0.3, 0.4) is 0 Å². The largest absolute Gasteiger partial charge is 0.324 e. The molecule has 186 valence electrons. The molecule has 0 saturated carbocycles. The van der Waals surface area contributed by atoms with Crippen molar-refractivity contribution in [3.05, 3.63) is 115 Å². The van der Waals surface area contributed by atoms with Crippen LogP contribution in [-0.2, 0) is 6.42 Å². The summed E-state index contributed by atoms with van der Waals surface area (Å²) in [4.78, 5) is 13.6. The van der Waals surface area contributed by atoms with Gasteiger partial charge < -0.3 is 10.6 Å². The van der Waals surface area contributed by atoms with Gasteiger partial charge in [-0.15, -0.1) is 0 Å². The number of rotatable bonds is 9. The Balaban J connectivity index is 1.25. The minimum Gasteiger partial charge on any atom is -0.324 e. The van der Waals surface area contributed by atoms with Crippen LogP contribution < -0.4 is 10.6 Å². The quantitative estimate of drug-likeness (QED) is 0.197. The van der Waals surface area contributed by atoms with Crippen molar-refractivity contribution in [2.24, 2.45) is 20.5 Å². The first-order valence-electron chi connectivity index (χ1n) is 12.2. The summed E-state index contributed by atoms with van der Waals surface area (Å²) in [6.45, 7) is 2.00. The van der Waals surface area contributed by atoms with Gasteiger partial charge in [0, 0.05) is 17.8 Å². The smallest absolute Gasteiger partial charge is 0.232 e. The van der Waals surface area contributed by atoms with Crippen molar-refractivity contribution in [2.75, 3.05) is 10.6 Å². The van der Waals surface area contributed by atoms with Crippen LogP contribution in [0.4, 0.5) is 46.0 Å². The molecule has 5 rings (SSSR count). The van der Waals surface area contributed by atoms with E-state index in [9.17, 15) is 0 Å². The van der Waals surface area contributed by atoms with Crippen LogP contribution >= 0.6 is 0 Å². The molecule has 0 radical (unpaired) electrons. The molecular formula is C29H25N9. The Labute approximate surface area is 220 Å². The number of azo groups is 2. The molecule has 1 heterocycles. The van der Waals surface area contributed by atoms with Crippen LogP contribution in [0.5, 0.6) is 0 Å². The van der Waals surface area contributed by atoms with Crippen molar-refractivity contribution >= 4 is 46.0 Å². The third-order valence-corrected chi connectivity index (χ3v) is 5.32. The van der Waals surface area contributed by atoms with Gasteiger partial charge in [0.15, 0.2) is 0 Å². The molecule has 0 unspecified atom stereocenters. The lowest BCUT2D eigenvalue weighted by Gasteiger charge is -2.10. The molecule has 0 atom stereocenters. The monoisotopic (exact) mass is 499 g/mol. The maximum Gasteiger partial charge on any atom is 0.232 e. The number of anilines is 4. The first-order valence-corrected chi connectivity index (χ1v) is 12.2. The molecule has 38 heavy (non-hydrogen) atoms. The molecule has 4 aromatic carbocycles. The summed E-state index contributed by atoms with van der Waals surface area (Å²) < 4.78 is 0. The Morgan fingerprint density at radius 2 is 0.842 bits per heavy atom. The zero-order valence-electron chi connectivity index (χ0n) is 20.7. The van der Waals surface area contributed by atoms with E-state index in [4.69, 9.17) is 0 Å². The Kier molecular flexibility index (Phi) is 7.76. The van der Waals surface area contributed by atoms with E-state index in [0.717, 1.165) is 34.1 Å². The highest BCUT2D eigenvalue weighted by atomic mass is 15.2. The zero-order chi connectivity index (χ0) is 26.0. The molecule has 0 aliphatic rings. The first kappa shape index (κ1) is 24.4. The summed E-state index contributed by atoms with van der Waals surface area (Å²) in [5.74, 6) is 1.57. The molecule has 1 aromatic heterocycles. The standard InChI is InChI=1S/C29H25N9/c1-2-27-32-28(30-21-13-17-25(18-14-21)37-35-23-9-5-3-6-10-23)34-29(33-27)31-22-15-19-26(20-16-22)38-36-24-11-7-4-8-12-24/h3-20H,2H2,1H3,(H2,30,31,32,33,34). The van der Waals surface area contributed by atoms with Crippen molar-refractivity contribution < 1.29 is 0 Å². The number of hydrogen-bond donors (Lipinski definition) is 2. The van der Waals surface area contributed by atoms with Crippen LogP contribution in [0, 0.1) is 0 Å². The van der Waals surface area contributed by atoms with Gasteiger partial charge in [-0.25, -0.2) is 0 Å². The average molecular weight is 500 g/mol. The molecule has 9 heteroatoms. The van der Waals surface area contributed by atoms with Gasteiger partial charge in [0.1, 0.15) is 5.82 Å². The fraction of sp³-hybridized carbons (Fsp3) is 0.0690. The summed E-state index contributed by atoms with van der Waals surface area (Å²) in [6, 6.07) is 34.4. The average Bonchev–Trinajstić information content (AvgIpc) is 2.97. The Hall–Kier alpha value is -5.31. The number of nitrogens with one attached hydrogen (secondary N) is 2.